The molecule has 4 rings (SSSR count). The van der Waals surface area contributed by atoms with Crippen molar-refractivity contribution in [2.75, 3.05) is 25.0 Å². The molecule has 2 N–H and O–H groups in total. The van der Waals surface area contributed by atoms with E-state index in [-0.39, 0.29) is 11.5 Å². The third-order valence-corrected chi connectivity index (χ3v) is 6.65. The lowest BCUT2D eigenvalue weighted by molar-refractivity contribution is -0.142. The SMILES string of the molecule is O=C(O)C[C@H](C(=O)N1CC[C@@H](CCc2ccc3c(n2)NCCC3)C1)c1cccc(C(F)(F)F)c1. The van der Waals surface area contributed by atoms with Gasteiger partial charge in [-0.15, -0.1) is 0 Å². The van der Waals surface area contributed by atoms with Gasteiger partial charge in [0.15, 0.2) is 0 Å². The number of nitrogens with one attached hydrogen (secondary N) is 1. The predicted octanol–water partition coefficient (Wildman–Crippen LogP) is 4.50. The summed E-state index contributed by atoms with van der Waals surface area (Å²) < 4.78 is 39.4. The minimum absolute atomic E-state index is 0.0800. The van der Waals surface area contributed by atoms with Crippen LogP contribution in [0.25, 0.3) is 0 Å². The number of halogens is 3. The zero-order valence-corrected chi connectivity index (χ0v) is 18.8. The van der Waals surface area contributed by atoms with Crippen molar-refractivity contribution in [1.29, 1.82) is 0 Å². The van der Waals surface area contributed by atoms with Crippen molar-refractivity contribution in [2.45, 2.75) is 50.6 Å². The number of anilines is 1. The van der Waals surface area contributed by atoms with Crippen molar-refractivity contribution < 1.29 is 27.9 Å². The van der Waals surface area contributed by atoms with Crippen molar-refractivity contribution in [3.05, 3.63) is 58.8 Å². The first-order valence-electron chi connectivity index (χ1n) is 11.6. The van der Waals surface area contributed by atoms with Crippen LogP contribution in [0, 0.1) is 5.92 Å². The Kier molecular flexibility index (Phi) is 7.09. The first kappa shape index (κ1) is 24.0. The van der Waals surface area contributed by atoms with Crippen molar-refractivity contribution >= 4 is 17.7 Å². The molecular formula is C25H28F3N3O3. The number of carboxylic acid groups (broad SMARTS) is 1. The molecule has 0 aliphatic carbocycles. The molecule has 1 aromatic carbocycles. The van der Waals surface area contributed by atoms with Gasteiger partial charge in [-0.3, -0.25) is 9.59 Å². The molecule has 2 aromatic rings. The van der Waals surface area contributed by atoms with Gasteiger partial charge in [-0.25, -0.2) is 4.98 Å². The number of aryl methyl sites for hydroxylation is 2. The van der Waals surface area contributed by atoms with E-state index in [9.17, 15) is 27.9 Å². The monoisotopic (exact) mass is 475 g/mol. The number of hydrogen-bond acceptors (Lipinski definition) is 4. The smallest absolute Gasteiger partial charge is 0.416 e. The van der Waals surface area contributed by atoms with E-state index in [1.54, 1.807) is 4.90 Å². The third-order valence-electron chi connectivity index (χ3n) is 6.65. The van der Waals surface area contributed by atoms with E-state index < -0.39 is 36.0 Å². The molecule has 0 saturated carbocycles. The maximum Gasteiger partial charge on any atom is 0.416 e. The zero-order chi connectivity index (χ0) is 24.3. The molecule has 182 valence electrons. The van der Waals surface area contributed by atoms with E-state index in [1.807, 2.05) is 6.07 Å². The van der Waals surface area contributed by atoms with Gasteiger partial charge in [0.25, 0.3) is 0 Å². The number of pyridine rings is 1. The highest BCUT2D eigenvalue weighted by atomic mass is 19.4. The molecule has 1 fully saturated rings. The normalized spacial score (nSPS) is 18.8. The van der Waals surface area contributed by atoms with Crippen LogP contribution >= 0.6 is 0 Å². The topological polar surface area (TPSA) is 82.5 Å². The molecule has 6 nitrogen and oxygen atoms in total. The van der Waals surface area contributed by atoms with Gasteiger partial charge in [0.05, 0.1) is 17.9 Å². The van der Waals surface area contributed by atoms with E-state index in [4.69, 9.17) is 4.98 Å². The number of hydrogen-bond donors (Lipinski definition) is 2. The Morgan fingerprint density at radius 1 is 1.24 bits per heavy atom. The van der Waals surface area contributed by atoms with Gasteiger partial charge in [0, 0.05) is 25.3 Å². The van der Waals surface area contributed by atoms with Crippen molar-refractivity contribution in [3.63, 3.8) is 0 Å². The van der Waals surface area contributed by atoms with Gasteiger partial charge in [0.1, 0.15) is 5.82 Å². The Labute approximate surface area is 196 Å². The fourth-order valence-corrected chi connectivity index (χ4v) is 4.80. The molecule has 2 aliphatic heterocycles. The summed E-state index contributed by atoms with van der Waals surface area (Å²) in [6, 6.07) is 8.56. The molecular weight excluding hydrogens is 447 g/mol. The Hall–Kier alpha value is -3.10. The van der Waals surface area contributed by atoms with Crippen LogP contribution in [0.5, 0.6) is 0 Å². The van der Waals surface area contributed by atoms with Gasteiger partial charge in [-0.05, 0) is 61.3 Å². The molecule has 1 amide bonds. The number of aromatic nitrogens is 1. The standard InChI is InChI=1S/C25H28F3N3O3/c26-25(27,28)19-5-1-3-18(13-19)21(14-22(32)33)24(34)31-12-10-16(15-31)6-8-20-9-7-17-4-2-11-29-23(17)30-20/h1,3,5,7,9,13,16,21H,2,4,6,8,10-12,14-15H2,(H,29,30)(H,32,33)/t16-,21+/m1/s1. The number of likely N-dealkylation sites (tertiary alicyclic amines) is 1. The summed E-state index contributed by atoms with van der Waals surface area (Å²) in [5.74, 6) is -1.61. The van der Waals surface area contributed by atoms with Crippen LogP contribution in [0.2, 0.25) is 0 Å². The minimum Gasteiger partial charge on any atom is -0.481 e. The summed E-state index contributed by atoms with van der Waals surface area (Å²) in [7, 11) is 0. The third kappa shape index (κ3) is 5.69. The number of carbonyl (C=O) groups excluding carboxylic acids is 1. The van der Waals surface area contributed by atoms with Crippen LogP contribution in [0.15, 0.2) is 36.4 Å². The summed E-state index contributed by atoms with van der Waals surface area (Å²) in [6.07, 6.45) is -0.602. The van der Waals surface area contributed by atoms with Crippen molar-refractivity contribution in [2.24, 2.45) is 5.92 Å². The Balaban J connectivity index is 1.40. The number of amides is 1. The number of carboxylic acids is 1. The minimum atomic E-state index is -4.56. The van der Waals surface area contributed by atoms with Crippen LogP contribution < -0.4 is 5.32 Å². The van der Waals surface area contributed by atoms with Crippen LogP contribution in [-0.2, 0) is 28.6 Å². The van der Waals surface area contributed by atoms with Gasteiger partial charge < -0.3 is 15.3 Å². The highest BCUT2D eigenvalue weighted by molar-refractivity contribution is 5.88. The number of aliphatic carboxylic acids is 1. The van der Waals surface area contributed by atoms with E-state index in [0.29, 0.717) is 13.1 Å². The van der Waals surface area contributed by atoms with E-state index in [0.717, 1.165) is 62.3 Å². The Morgan fingerprint density at radius 2 is 2.06 bits per heavy atom. The highest BCUT2D eigenvalue weighted by Gasteiger charge is 2.35. The highest BCUT2D eigenvalue weighted by Crippen LogP contribution is 2.33. The van der Waals surface area contributed by atoms with Crippen LogP contribution in [0.3, 0.4) is 0 Å². The van der Waals surface area contributed by atoms with Crippen LogP contribution in [0.1, 0.15) is 54.0 Å². The molecule has 0 bridgehead atoms. The molecule has 34 heavy (non-hydrogen) atoms. The number of carbonyl (C=O) groups is 2. The molecule has 2 aliphatic rings. The van der Waals surface area contributed by atoms with E-state index in [2.05, 4.69) is 11.4 Å². The number of nitrogens with zero attached hydrogens (tertiary/aromatic N) is 2. The first-order chi connectivity index (χ1) is 16.2. The maximum atomic E-state index is 13.2. The average Bonchev–Trinajstić information content (AvgIpc) is 3.29. The second-order valence-electron chi connectivity index (χ2n) is 9.09. The summed E-state index contributed by atoms with van der Waals surface area (Å²) >= 11 is 0. The van der Waals surface area contributed by atoms with Gasteiger partial charge in [-0.2, -0.15) is 13.2 Å². The number of rotatable bonds is 7. The second kappa shape index (κ2) is 10.0. The second-order valence-corrected chi connectivity index (χ2v) is 9.09. The average molecular weight is 476 g/mol. The molecule has 0 unspecified atom stereocenters. The zero-order valence-electron chi connectivity index (χ0n) is 18.8. The summed E-state index contributed by atoms with van der Waals surface area (Å²) in [5, 5.41) is 12.6. The van der Waals surface area contributed by atoms with E-state index in [1.165, 1.54) is 17.7 Å². The Morgan fingerprint density at radius 3 is 2.82 bits per heavy atom. The number of alkyl halides is 3. The van der Waals surface area contributed by atoms with Gasteiger partial charge >= 0.3 is 12.1 Å². The lowest BCUT2D eigenvalue weighted by Crippen LogP contribution is -2.34. The fourth-order valence-electron chi connectivity index (χ4n) is 4.80. The van der Waals surface area contributed by atoms with Gasteiger partial charge in [-0.1, -0.05) is 24.3 Å². The summed E-state index contributed by atoms with van der Waals surface area (Å²) in [5.41, 5.74) is 1.41. The maximum absolute atomic E-state index is 13.2. The number of fused-ring (bicyclic) bond motifs is 1. The Bertz CT molecular complexity index is 1060. The van der Waals surface area contributed by atoms with Crippen molar-refractivity contribution in [3.8, 4) is 0 Å². The summed E-state index contributed by atoms with van der Waals surface area (Å²) in [4.78, 5) is 30.9. The van der Waals surface area contributed by atoms with Crippen LogP contribution in [-0.4, -0.2) is 46.5 Å². The number of benzene rings is 1. The molecule has 2 atom stereocenters. The lowest BCUT2D eigenvalue weighted by atomic mass is 9.92. The van der Waals surface area contributed by atoms with Crippen molar-refractivity contribution in [1.82, 2.24) is 9.88 Å². The quantitative estimate of drug-likeness (QED) is 0.616. The predicted molar refractivity (Wildman–Crippen MR) is 120 cm³/mol. The first-order valence-corrected chi connectivity index (χ1v) is 11.6. The molecule has 1 saturated heterocycles. The van der Waals surface area contributed by atoms with Gasteiger partial charge in [0.2, 0.25) is 5.91 Å². The molecule has 9 heteroatoms. The largest absolute Gasteiger partial charge is 0.481 e. The summed E-state index contributed by atoms with van der Waals surface area (Å²) in [6.45, 7) is 1.86. The van der Waals surface area contributed by atoms with Crippen LogP contribution in [0.4, 0.5) is 19.0 Å². The van der Waals surface area contributed by atoms with E-state index >= 15 is 0 Å². The fraction of sp³-hybridized carbons (Fsp3) is 0.480. The molecule has 0 radical (unpaired) electrons. The molecule has 3 heterocycles. The molecule has 1 aromatic heterocycles. The molecule has 0 spiro atoms. The lowest BCUT2D eigenvalue weighted by Gasteiger charge is -2.24.